The lowest BCUT2D eigenvalue weighted by Gasteiger charge is -2.09. The van der Waals surface area contributed by atoms with Crippen molar-refractivity contribution in [1.82, 2.24) is 4.98 Å². The maximum atomic E-state index is 13.1. The number of fused-ring (bicyclic) bond motifs is 1. The van der Waals surface area contributed by atoms with Gasteiger partial charge >= 0.3 is 5.97 Å². The molecule has 0 aliphatic rings. The Kier molecular flexibility index (Phi) is 5.79. The lowest BCUT2D eigenvalue weighted by atomic mass is 9.99. The number of benzene rings is 3. The van der Waals surface area contributed by atoms with E-state index in [9.17, 15) is 10.3 Å². The van der Waals surface area contributed by atoms with Crippen molar-refractivity contribution in [2.45, 2.75) is 6.92 Å². The average Bonchev–Trinajstić information content (AvgIpc) is 3.24. The van der Waals surface area contributed by atoms with Crippen molar-refractivity contribution in [1.29, 1.82) is 0 Å². The van der Waals surface area contributed by atoms with Gasteiger partial charge in [0.25, 0.3) is 0 Å². The number of esters is 1. The van der Waals surface area contributed by atoms with Gasteiger partial charge < -0.3 is 4.74 Å². The molecule has 7 heteroatoms. The van der Waals surface area contributed by atoms with E-state index in [-0.39, 0.29) is 10.6 Å². The molecular formula is C27H18N4O2S. The Morgan fingerprint density at radius 3 is 2.29 bits per heavy atom. The van der Waals surface area contributed by atoms with Gasteiger partial charge in [0.1, 0.15) is 15.5 Å². The number of hydrogen-bond donors (Lipinski definition) is 0. The number of carbonyl (C=O) groups is 1. The van der Waals surface area contributed by atoms with Crippen LogP contribution in [0, 0.1) is 6.92 Å². The Balaban J connectivity index is 1.76. The van der Waals surface area contributed by atoms with Crippen LogP contribution in [0.15, 0.2) is 96.1 Å². The molecule has 6 nitrogen and oxygen atoms in total. The van der Waals surface area contributed by atoms with Gasteiger partial charge in [0.05, 0.1) is 11.4 Å². The summed E-state index contributed by atoms with van der Waals surface area (Å²) in [5.74, 6) is -0.179. The molecule has 0 saturated carbocycles. The van der Waals surface area contributed by atoms with E-state index in [1.165, 1.54) is 0 Å². The molecule has 2 aromatic heterocycles. The Bertz CT molecular complexity index is 1540. The number of aryl methyl sites for hydroxylation is 1. The second kappa shape index (κ2) is 9.19. The Morgan fingerprint density at radius 1 is 0.941 bits per heavy atom. The van der Waals surface area contributed by atoms with Gasteiger partial charge in [-0.2, -0.15) is 0 Å². The normalized spacial score (nSPS) is 10.6. The van der Waals surface area contributed by atoms with Gasteiger partial charge in [-0.25, -0.2) is 9.78 Å². The molecule has 0 atom stereocenters. The fraction of sp³-hybridized carbons (Fsp3) is 0.0370. The minimum Gasteiger partial charge on any atom is -0.422 e. The summed E-state index contributed by atoms with van der Waals surface area (Å²) in [6.07, 6.45) is 0. The summed E-state index contributed by atoms with van der Waals surface area (Å²) in [5, 5.41) is 4.54. The number of aromatic nitrogens is 1. The summed E-state index contributed by atoms with van der Waals surface area (Å²) >= 11 is 1.16. The molecule has 0 spiro atoms. The fourth-order valence-electron chi connectivity index (χ4n) is 3.72. The van der Waals surface area contributed by atoms with Crippen LogP contribution in [0.4, 0.5) is 5.69 Å². The summed E-state index contributed by atoms with van der Waals surface area (Å²) in [6.45, 7) is 2.02. The molecule has 2 heterocycles. The number of hydrogen-bond acceptors (Lipinski definition) is 5. The maximum Gasteiger partial charge on any atom is 0.354 e. The second-order valence-electron chi connectivity index (χ2n) is 7.64. The largest absolute Gasteiger partial charge is 0.422 e. The van der Waals surface area contributed by atoms with E-state index in [2.05, 4.69) is 10.0 Å². The van der Waals surface area contributed by atoms with Gasteiger partial charge in [0.15, 0.2) is 0 Å². The highest BCUT2D eigenvalue weighted by atomic mass is 32.1. The first-order valence-corrected chi connectivity index (χ1v) is 11.4. The van der Waals surface area contributed by atoms with Crippen molar-refractivity contribution in [2.75, 3.05) is 0 Å². The smallest absolute Gasteiger partial charge is 0.354 e. The van der Waals surface area contributed by atoms with E-state index >= 15 is 0 Å². The highest BCUT2D eigenvalue weighted by molar-refractivity contribution is 7.21. The number of thiophene rings is 1. The minimum absolute atomic E-state index is 0.211. The van der Waals surface area contributed by atoms with E-state index < -0.39 is 5.97 Å². The highest BCUT2D eigenvalue weighted by Crippen LogP contribution is 2.44. The van der Waals surface area contributed by atoms with Crippen molar-refractivity contribution in [3.63, 3.8) is 0 Å². The van der Waals surface area contributed by atoms with Crippen molar-refractivity contribution in [3.8, 4) is 28.1 Å². The van der Waals surface area contributed by atoms with Crippen molar-refractivity contribution >= 4 is 33.2 Å². The number of azide groups is 1. The monoisotopic (exact) mass is 462 g/mol. The van der Waals surface area contributed by atoms with E-state index in [0.29, 0.717) is 16.0 Å². The number of rotatable bonds is 5. The molecule has 0 saturated heterocycles. The summed E-state index contributed by atoms with van der Waals surface area (Å²) in [7, 11) is 0. The topological polar surface area (TPSA) is 88.0 Å². The van der Waals surface area contributed by atoms with Gasteiger partial charge in [-0.1, -0.05) is 83.5 Å². The minimum atomic E-state index is -0.590. The zero-order valence-electron chi connectivity index (χ0n) is 18.2. The van der Waals surface area contributed by atoms with Crippen LogP contribution >= 0.6 is 11.3 Å². The third-order valence-electron chi connectivity index (χ3n) is 5.35. The molecule has 0 aliphatic heterocycles. The van der Waals surface area contributed by atoms with Crippen LogP contribution in [0.3, 0.4) is 0 Å². The van der Waals surface area contributed by atoms with E-state index in [4.69, 9.17) is 9.72 Å². The molecule has 0 fully saturated rings. The molecule has 0 amide bonds. The molecule has 0 N–H and O–H groups in total. The lowest BCUT2D eigenvalue weighted by molar-refractivity contribution is 0.0740. The van der Waals surface area contributed by atoms with Gasteiger partial charge in [0.2, 0.25) is 0 Å². The average molecular weight is 463 g/mol. The van der Waals surface area contributed by atoms with Crippen LogP contribution in [0.2, 0.25) is 0 Å². The molecule has 0 bridgehead atoms. The number of para-hydroxylation sites is 1. The van der Waals surface area contributed by atoms with Gasteiger partial charge in [-0.15, -0.1) is 11.3 Å². The second-order valence-corrected chi connectivity index (χ2v) is 8.64. The zero-order valence-corrected chi connectivity index (χ0v) is 19.0. The molecule has 164 valence electrons. The number of pyridine rings is 1. The third-order valence-corrected chi connectivity index (χ3v) is 6.41. The van der Waals surface area contributed by atoms with Gasteiger partial charge in [-0.3, -0.25) is 0 Å². The molecule has 0 radical (unpaired) electrons. The van der Waals surface area contributed by atoms with Crippen LogP contribution in [-0.2, 0) is 0 Å². The fourth-order valence-corrected chi connectivity index (χ4v) is 4.73. The number of carbonyl (C=O) groups excluding carboxylic acids is 1. The number of ether oxygens (including phenoxy) is 1. The summed E-state index contributed by atoms with van der Waals surface area (Å²) in [5.41, 5.74) is 14.2. The van der Waals surface area contributed by atoms with Crippen molar-refractivity contribution in [2.24, 2.45) is 5.11 Å². The van der Waals surface area contributed by atoms with E-state index in [0.717, 1.165) is 39.3 Å². The molecule has 0 aliphatic carbocycles. The summed E-state index contributed by atoms with van der Waals surface area (Å²) in [4.78, 5) is 21.7. The number of nitrogens with zero attached hydrogens (tertiary/aromatic N) is 4. The third kappa shape index (κ3) is 4.13. The highest BCUT2D eigenvalue weighted by Gasteiger charge is 2.24. The van der Waals surface area contributed by atoms with Crippen molar-refractivity contribution in [3.05, 3.63) is 112 Å². The maximum absolute atomic E-state index is 13.1. The first-order chi connectivity index (χ1) is 16.6. The molecule has 0 unspecified atom stereocenters. The SMILES string of the molecule is Cc1ccc(-c2cc(-c3ccccc3)nc3sc(C(=O)Oc4ccccc4)c(N=[N+]=[N-])c23)cc1. The Morgan fingerprint density at radius 2 is 1.62 bits per heavy atom. The van der Waals surface area contributed by atoms with Crippen molar-refractivity contribution < 1.29 is 9.53 Å². The Labute approximate surface area is 199 Å². The van der Waals surface area contributed by atoms with Crippen LogP contribution < -0.4 is 4.74 Å². The summed E-state index contributed by atoms with van der Waals surface area (Å²) in [6, 6.07) is 28.7. The zero-order chi connectivity index (χ0) is 23.5. The first-order valence-electron chi connectivity index (χ1n) is 10.6. The summed E-state index contributed by atoms with van der Waals surface area (Å²) < 4.78 is 5.55. The molecule has 34 heavy (non-hydrogen) atoms. The first kappa shape index (κ1) is 21.4. The Hall–Kier alpha value is -4.45. The van der Waals surface area contributed by atoms with Gasteiger partial charge in [0, 0.05) is 15.9 Å². The van der Waals surface area contributed by atoms with Crippen LogP contribution in [-0.4, -0.2) is 11.0 Å². The predicted molar refractivity (Wildman–Crippen MR) is 135 cm³/mol. The quantitative estimate of drug-likeness (QED) is 0.0869. The van der Waals surface area contributed by atoms with E-state index in [1.54, 1.807) is 24.3 Å². The molecule has 5 aromatic rings. The van der Waals surface area contributed by atoms with Crippen LogP contribution in [0.5, 0.6) is 5.75 Å². The molecular weight excluding hydrogens is 444 g/mol. The molecule has 5 rings (SSSR count). The van der Waals surface area contributed by atoms with Gasteiger partial charge in [-0.05, 0) is 41.8 Å². The van der Waals surface area contributed by atoms with E-state index in [1.807, 2.05) is 73.7 Å². The van der Waals surface area contributed by atoms with Crippen LogP contribution in [0.25, 0.3) is 43.0 Å². The predicted octanol–water partition coefficient (Wildman–Crippen LogP) is 8.10. The molecule has 3 aromatic carbocycles. The lowest BCUT2D eigenvalue weighted by Crippen LogP contribution is -2.06. The van der Waals surface area contributed by atoms with Crippen LogP contribution in [0.1, 0.15) is 15.2 Å². The standard InChI is InChI=1S/C27H18N4O2S/c1-17-12-14-18(15-13-17)21-16-22(19-8-4-2-5-9-19)29-26-23(21)24(30-31-28)25(34-26)27(32)33-20-10-6-3-7-11-20/h2-16H,1H3.